The third-order valence-electron chi connectivity index (χ3n) is 3.48. The largest absolute Gasteiger partial charge is 0.449 e. The van der Waals surface area contributed by atoms with Gasteiger partial charge >= 0.3 is 5.97 Å². The van der Waals surface area contributed by atoms with Gasteiger partial charge in [0.05, 0.1) is 0 Å². The van der Waals surface area contributed by atoms with E-state index < -0.39 is 12.1 Å². The minimum Gasteiger partial charge on any atom is -0.449 e. The summed E-state index contributed by atoms with van der Waals surface area (Å²) >= 11 is 6.02. The summed E-state index contributed by atoms with van der Waals surface area (Å²) in [5, 5.41) is 8.28. The van der Waals surface area contributed by atoms with Crippen LogP contribution in [0, 0.1) is 5.82 Å². The Balaban J connectivity index is 1.64. The van der Waals surface area contributed by atoms with Gasteiger partial charge in [0.2, 0.25) is 5.89 Å². The van der Waals surface area contributed by atoms with E-state index in [2.05, 4.69) is 10.2 Å². The Morgan fingerprint density at radius 2 is 1.92 bits per heavy atom. The first kappa shape index (κ1) is 17.8. The Bertz CT molecular complexity index is 938. The highest BCUT2D eigenvalue weighted by Crippen LogP contribution is 2.23. The summed E-state index contributed by atoms with van der Waals surface area (Å²) in [5.74, 6) is -0.571. The van der Waals surface area contributed by atoms with Crippen molar-refractivity contribution in [3.05, 3.63) is 76.9 Å². The molecular formula is C19H14ClFN2O3. The van der Waals surface area contributed by atoms with Crippen molar-refractivity contribution < 1.29 is 18.3 Å². The lowest BCUT2D eigenvalue weighted by molar-refractivity contribution is -0.143. The predicted molar refractivity (Wildman–Crippen MR) is 94.7 cm³/mol. The van der Waals surface area contributed by atoms with Crippen LogP contribution in [0.3, 0.4) is 0 Å². The average Bonchev–Trinajstić information content (AvgIpc) is 3.12. The van der Waals surface area contributed by atoms with Gasteiger partial charge < -0.3 is 9.15 Å². The van der Waals surface area contributed by atoms with Crippen molar-refractivity contribution in [1.82, 2.24) is 10.2 Å². The molecule has 2 aromatic carbocycles. The smallest absolute Gasteiger partial charge is 0.331 e. The van der Waals surface area contributed by atoms with Crippen LogP contribution in [-0.4, -0.2) is 16.2 Å². The Hall–Kier alpha value is -2.99. The molecule has 3 aromatic rings. The number of nitrogens with zero attached hydrogens (tertiary/aromatic N) is 2. The maximum absolute atomic E-state index is 13.0. The Labute approximate surface area is 154 Å². The van der Waals surface area contributed by atoms with E-state index in [1.807, 2.05) is 6.07 Å². The number of rotatable bonds is 5. The van der Waals surface area contributed by atoms with Gasteiger partial charge in [-0.25, -0.2) is 9.18 Å². The van der Waals surface area contributed by atoms with Gasteiger partial charge in [0.1, 0.15) is 5.82 Å². The fraction of sp³-hybridized carbons (Fsp3) is 0.105. The van der Waals surface area contributed by atoms with Crippen LogP contribution < -0.4 is 0 Å². The minimum atomic E-state index is -0.736. The molecule has 0 radical (unpaired) electrons. The van der Waals surface area contributed by atoms with Gasteiger partial charge in [-0.05, 0) is 48.9 Å². The maximum Gasteiger partial charge on any atom is 0.331 e. The average molecular weight is 373 g/mol. The molecule has 0 unspecified atom stereocenters. The second-order valence-electron chi connectivity index (χ2n) is 5.39. The Kier molecular flexibility index (Phi) is 5.43. The molecule has 5 nitrogen and oxygen atoms in total. The molecule has 0 amide bonds. The molecule has 26 heavy (non-hydrogen) atoms. The summed E-state index contributed by atoms with van der Waals surface area (Å²) in [7, 11) is 0. The van der Waals surface area contributed by atoms with Crippen molar-refractivity contribution in [2.45, 2.75) is 13.0 Å². The van der Waals surface area contributed by atoms with Crippen molar-refractivity contribution in [3.8, 4) is 11.5 Å². The first-order valence-electron chi connectivity index (χ1n) is 7.75. The topological polar surface area (TPSA) is 65.2 Å². The number of halogens is 2. The van der Waals surface area contributed by atoms with E-state index in [0.29, 0.717) is 16.1 Å². The zero-order valence-electron chi connectivity index (χ0n) is 13.7. The SMILES string of the molecule is C[C@@H](OC(=O)/C=C/c1ccccc1Cl)c1nnc(-c2ccc(F)cc2)o1. The molecule has 0 saturated carbocycles. The second-order valence-corrected chi connectivity index (χ2v) is 5.79. The van der Waals surface area contributed by atoms with Crippen LogP contribution >= 0.6 is 11.6 Å². The second kappa shape index (κ2) is 7.93. The monoisotopic (exact) mass is 372 g/mol. The molecule has 0 N–H and O–H groups in total. The minimum absolute atomic E-state index is 0.142. The molecule has 0 saturated heterocycles. The lowest BCUT2D eigenvalue weighted by Crippen LogP contribution is -2.06. The quantitative estimate of drug-likeness (QED) is 0.473. The number of aromatic nitrogens is 2. The summed E-state index contributed by atoms with van der Waals surface area (Å²) in [6.07, 6.45) is 2.10. The molecule has 0 bridgehead atoms. The van der Waals surface area contributed by atoms with E-state index in [9.17, 15) is 9.18 Å². The van der Waals surface area contributed by atoms with Gasteiger partial charge in [0.15, 0.2) is 6.10 Å². The zero-order valence-corrected chi connectivity index (χ0v) is 14.5. The molecule has 1 atom stereocenters. The molecule has 0 aliphatic carbocycles. The van der Waals surface area contributed by atoms with Crippen LogP contribution in [0.2, 0.25) is 5.02 Å². The fourth-order valence-electron chi connectivity index (χ4n) is 2.14. The highest BCUT2D eigenvalue weighted by atomic mass is 35.5. The van der Waals surface area contributed by atoms with Crippen molar-refractivity contribution >= 4 is 23.6 Å². The Morgan fingerprint density at radius 3 is 2.65 bits per heavy atom. The molecule has 3 rings (SSSR count). The van der Waals surface area contributed by atoms with E-state index in [1.165, 1.54) is 30.3 Å². The number of carbonyl (C=O) groups is 1. The van der Waals surface area contributed by atoms with Gasteiger partial charge in [-0.2, -0.15) is 0 Å². The van der Waals surface area contributed by atoms with Gasteiger partial charge in [-0.15, -0.1) is 10.2 Å². The number of ether oxygens (including phenoxy) is 1. The maximum atomic E-state index is 13.0. The number of benzene rings is 2. The van der Waals surface area contributed by atoms with Crippen LogP contribution in [0.15, 0.2) is 59.0 Å². The van der Waals surface area contributed by atoms with Crippen LogP contribution in [0.1, 0.15) is 24.5 Å². The van der Waals surface area contributed by atoms with Crippen molar-refractivity contribution in [2.24, 2.45) is 0 Å². The Morgan fingerprint density at radius 1 is 1.19 bits per heavy atom. The summed E-state index contributed by atoms with van der Waals surface area (Å²) in [6.45, 7) is 1.61. The highest BCUT2D eigenvalue weighted by molar-refractivity contribution is 6.32. The van der Waals surface area contributed by atoms with Crippen LogP contribution in [0.4, 0.5) is 4.39 Å². The first-order valence-corrected chi connectivity index (χ1v) is 8.13. The molecule has 1 aromatic heterocycles. The van der Waals surface area contributed by atoms with E-state index in [-0.39, 0.29) is 17.6 Å². The summed E-state index contributed by atoms with van der Waals surface area (Å²) < 4.78 is 23.7. The van der Waals surface area contributed by atoms with E-state index in [0.717, 1.165) is 0 Å². The van der Waals surface area contributed by atoms with Crippen molar-refractivity contribution in [3.63, 3.8) is 0 Å². The summed E-state index contributed by atoms with van der Waals surface area (Å²) in [6, 6.07) is 12.8. The molecule has 0 fully saturated rings. The number of hydrogen-bond acceptors (Lipinski definition) is 5. The third-order valence-corrected chi connectivity index (χ3v) is 3.82. The van der Waals surface area contributed by atoms with Gasteiger partial charge in [0, 0.05) is 16.7 Å². The summed E-state index contributed by atoms with van der Waals surface area (Å²) in [4.78, 5) is 11.9. The molecule has 0 spiro atoms. The molecule has 132 valence electrons. The lowest BCUT2D eigenvalue weighted by Gasteiger charge is -2.06. The summed E-state index contributed by atoms with van der Waals surface area (Å²) in [5.41, 5.74) is 1.28. The van der Waals surface area contributed by atoms with Gasteiger partial charge in [-0.1, -0.05) is 29.8 Å². The lowest BCUT2D eigenvalue weighted by atomic mass is 10.2. The number of hydrogen-bond donors (Lipinski definition) is 0. The van der Waals surface area contributed by atoms with Crippen LogP contribution in [-0.2, 0) is 9.53 Å². The molecule has 0 aliphatic rings. The van der Waals surface area contributed by atoms with Gasteiger partial charge in [-0.3, -0.25) is 0 Å². The number of carbonyl (C=O) groups excluding carboxylic acids is 1. The van der Waals surface area contributed by atoms with E-state index >= 15 is 0 Å². The van der Waals surface area contributed by atoms with E-state index in [1.54, 1.807) is 31.2 Å². The third kappa shape index (κ3) is 4.34. The van der Waals surface area contributed by atoms with Crippen LogP contribution in [0.5, 0.6) is 0 Å². The predicted octanol–water partition coefficient (Wildman–Crippen LogP) is 4.85. The van der Waals surface area contributed by atoms with Gasteiger partial charge in [0.25, 0.3) is 5.89 Å². The van der Waals surface area contributed by atoms with Crippen molar-refractivity contribution in [1.29, 1.82) is 0 Å². The molecule has 7 heteroatoms. The standard InChI is InChI=1S/C19H14ClFN2O3/c1-12(25-17(24)11-8-13-4-2-3-5-16(13)20)18-22-23-19(26-18)14-6-9-15(21)10-7-14/h2-12H,1H3/b11-8+/t12-/m1/s1. The normalized spacial score (nSPS) is 12.3. The highest BCUT2D eigenvalue weighted by Gasteiger charge is 2.18. The zero-order chi connectivity index (χ0) is 18.5. The molecule has 1 heterocycles. The van der Waals surface area contributed by atoms with E-state index in [4.69, 9.17) is 20.8 Å². The number of esters is 1. The van der Waals surface area contributed by atoms with Crippen molar-refractivity contribution in [2.75, 3.05) is 0 Å². The first-order chi connectivity index (χ1) is 12.5. The molecule has 0 aliphatic heterocycles. The molecular weight excluding hydrogens is 359 g/mol. The van der Waals surface area contributed by atoms with Crippen LogP contribution in [0.25, 0.3) is 17.5 Å². The fourth-order valence-corrected chi connectivity index (χ4v) is 2.34.